The maximum Gasteiger partial charge on any atom is 0.255 e. The summed E-state index contributed by atoms with van der Waals surface area (Å²) in [5.41, 5.74) is 0.252. The molecule has 0 aliphatic heterocycles. The molecule has 0 aliphatic carbocycles. The van der Waals surface area contributed by atoms with Gasteiger partial charge in [-0.15, -0.1) is 0 Å². The minimum atomic E-state index is -0.331. The highest BCUT2D eigenvalue weighted by Crippen LogP contribution is 2.19. The molecule has 0 aromatic heterocycles. The molecule has 0 atom stereocenters. The van der Waals surface area contributed by atoms with Crippen molar-refractivity contribution in [2.75, 3.05) is 13.6 Å². The average molecular weight is 362 g/mol. The van der Waals surface area contributed by atoms with E-state index in [1.165, 1.54) is 6.07 Å². The van der Waals surface area contributed by atoms with Crippen LogP contribution in [0.1, 0.15) is 23.2 Å². The van der Waals surface area contributed by atoms with E-state index in [9.17, 15) is 14.7 Å². The number of nitrogens with one attached hydrogen (secondary N) is 2. The van der Waals surface area contributed by atoms with E-state index < -0.39 is 0 Å². The van der Waals surface area contributed by atoms with E-state index >= 15 is 0 Å². The smallest absolute Gasteiger partial charge is 0.255 e. The van der Waals surface area contributed by atoms with Crippen molar-refractivity contribution in [2.24, 2.45) is 0 Å². The average Bonchev–Trinajstić information content (AvgIpc) is 2.36. The number of hydrogen-bond donors (Lipinski definition) is 3. The highest BCUT2D eigenvalue weighted by atomic mass is 127. The second-order valence-corrected chi connectivity index (χ2v) is 4.94. The van der Waals surface area contributed by atoms with E-state index in [1.54, 1.807) is 19.2 Å². The zero-order valence-electron chi connectivity index (χ0n) is 10.00. The van der Waals surface area contributed by atoms with Crippen molar-refractivity contribution in [1.82, 2.24) is 10.6 Å². The van der Waals surface area contributed by atoms with E-state index in [0.717, 1.165) is 3.57 Å². The van der Waals surface area contributed by atoms with Crippen LogP contribution in [0.15, 0.2) is 18.2 Å². The van der Waals surface area contributed by atoms with Crippen molar-refractivity contribution in [2.45, 2.75) is 12.8 Å². The third kappa shape index (κ3) is 4.52. The normalized spacial score (nSPS) is 9.89. The van der Waals surface area contributed by atoms with Crippen molar-refractivity contribution >= 4 is 34.4 Å². The second-order valence-electron chi connectivity index (χ2n) is 3.69. The van der Waals surface area contributed by atoms with Gasteiger partial charge in [-0.3, -0.25) is 9.59 Å². The summed E-state index contributed by atoms with van der Waals surface area (Å²) < 4.78 is 0.876. The van der Waals surface area contributed by atoms with E-state index in [2.05, 4.69) is 33.2 Å². The first-order chi connectivity index (χ1) is 8.54. The number of hydrogen-bond acceptors (Lipinski definition) is 3. The zero-order valence-corrected chi connectivity index (χ0v) is 12.2. The fraction of sp³-hybridized carbons (Fsp3) is 0.333. The molecule has 98 valence electrons. The lowest BCUT2D eigenvalue weighted by Crippen LogP contribution is -2.26. The first-order valence-electron chi connectivity index (χ1n) is 5.52. The number of amides is 2. The molecular weight excluding hydrogens is 347 g/mol. The predicted molar refractivity (Wildman–Crippen MR) is 76.5 cm³/mol. The highest BCUT2D eigenvalue weighted by Gasteiger charge is 2.10. The van der Waals surface area contributed by atoms with Crippen LogP contribution in [0.2, 0.25) is 0 Å². The molecule has 2 amide bonds. The summed E-state index contributed by atoms with van der Waals surface area (Å²) in [6, 6.07) is 4.82. The van der Waals surface area contributed by atoms with Gasteiger partial charge in [-0.25, -0.2) is 0 Å². The van der Waals surface area contributed by atoms with Gasteiger partial charge in [0.25, 0.3) is 5.91 Å². The Morgan fingerprint density at radius 2 is 2.11 bits per heavy atom. The molecule has 5 nitrogen and oxygen atoms in total. The molecule has 0 unspecified atom stereocenters. The van der Waals surface area contributed by atoms with Crippen LogP contribution in [0.5, 0.6) is 5.75 Å². The predicted octanol–water partition coefficient (Wildman–Crippen LogP) is 1.25. The van der Waals surface area contributed by atoms with E-state index in [4.69, 9.17) is 0 Å². The summed E-state index contributed by atoms with van der Waals surface area (Å²) in [7, 11) is 1.57. The second kappa shape index (κ2) is 7.20. The van der Waals surface area contributed by atoms with Gasteiger partial charge in [-0.2, -0.15) is 0 Å². The molecule has 0 saturated heterocycles. The number of halogens is 1. The van der Waals surface area contributed by atoms with Gasteiger partial charge in [-0.05, 0) is 47.2 Å². The number of rotatable bonds is 5. The molecule has 1 aromatic rings. The fourth-order valence-corrected chi connectivity index (χ4v) is 1.85. The SMILES string of the molecule is CNC(=O)CCCNC(=O)c1cc(I)ccc1O. The molecule has 0 radical (unpaired) electrons. The number of carbonyl (C=O) groups excluding carboxylic acids is 2. The number of aromatic hydroxyl groups is 1. The lowest BCUT2D eigenvalue weighted by atomic mass is 10.2. The third-order valence-corrected chi connectivity index (χ3v) is 3.02. The lowest BCUT2D eigenvalue weighted by Gasteiger charge is -2.07. The van der Waals surface area contributed by atoms with Crippen LogP contribution in [0.25, 0.3) is 0 Å². The quantitative estimate of drug-likeness (QED) is 0.545. The Labute approximate surface area is 119 Å². The number of carbonyl (C=O) groups is 2. The van der Waals surface area contributed by atoms with Crippen LogP contribution < -0.4 is 10.6 Å². The Kier molecular flexibility index (Phi) is 5.90. The van der Waals surface area contributed by atoms with Crippen LogP contribution in [0, 0.1) is 3.57 Å². The van der Waals surface area contributed by atoms with Crippen molar-refractivity contribution in [1.29, 1.82) is 0 Å². The molecule has 18 heavy (non-hydrogen) atoms. The fourth-order valence-electron chi connectivity index (χ4n) is 1.36. The molecule has 0 aliphatic rings. The van der Waals surface area contributed by atoms with E-state index in [-0.39, 0.29) is 23.1 Å². The third-order valence-electron chi connectivity index (χ3n) is 2.35. The first-order valence-corrected chi connectivity index (χ1v) is 6.59. The highest BCUT2D eigenvalue weighted by molar-refractivity contribution is 14.1. The minimum Gasteiger partial charge on any atom is -0.507 e. The van der Waals surface area contributed by atoms with Crippen LogP contribution in [-0.2, 0) is 4.79 Å². The summed E-state index contributed by atoms with van der Waals surface area (Å²) in [6.45, 7) is 0.400. The Morgan fingerprint density at radius 3 is 2.78 bits per heavy atom. The van der Waals surface area contributed by atoms with Crippen molar-refractivity contribution in [3.05, 3.63) is 27.3 Å². The van der Waals surface area contributed by atoms with E-state index in [1.807, 2.05) is 0 Å². The van der Waals surface area contributed by atoms with Crippen LogP contribution in [0.3, 0.4) is 0 Å². The topological polar surface area (TPSA) is 78.4 Å². The van der Waals surface area contributed by atoms with Gasteiger partial charge in [0.1, 0.15) is 5.75 Å². The Balaban J connectivity index is 2.46. The molecule has 1 rings (SSSR count). The van der Waals surface area contributed by atoms with Gasteiger partial charge < -0.3 is 15.7 Å². The molecule has 3 N–H and O–H groups in total. The molecule has 0 fully saturated rings. The summed E-state index contributed by atoms with van der Waals surface area (Å²) in [5.74, 6) is -0.427. The lowest BCUT2D eigenvalue weighted by molar-refractivity contribution is -0.120. The molecule has 1 aromatic carbocycles. The summed E-state index contributed by atoms with van der Waals surface area (Å²) in [6.07, 6.45) is 0.936. The molecule has 0 spiro atoms. The van der Waals surface area contributed by atoms with Crippen molar-refractivity contribution < 1.29 is 14.7 Å². The Morgan fingerprint density at radius 1 is 1.39 bits per heavy atom. The molecule has 0 saturated carbocycles. The van der Waals surface area contributed by atoms with Gasteiger partial charge >= 0.3 is 0 Å². The summed E-state index contributed by atoms with van der Waals surface area (Å²) in [5, 5.41) is 14.7. The zero-order chi connectivity index (χ0) is 13.5. The Bertz CT molecular complexity index is 449. The van der Waals surface area contributed by atoms with Gasteiger partial charge in [0.05, 0.1) is 5.56 Å². The van der Waals surface area contributed by atoms with Crippen LogP contribution in [0.4, 0.5) is 0 Å². The van der Waals surface area contributed by atoms with Gasteiger partial charge in [0, 0.05) is 23.6 Å². The number of phenols is 1. The largest absolute Gasteiger partial charge is 0.507 e. The monoisotopic (exact) mass is 362 g/mol. The van der Waals surface area contributed by atoms with Crippen LogP contribution >= 0.6 is 22.6 Å². The summed E-state index contributed by atoms with van der Waals surface area (Å²) >= 11 is 2.07. The van der Waals surface area contributed by atoms with E-state index in [0.29, 0.717) is 19.4 Å². The first kappa shape index (κ1) is 14.7. The standard InChI is InChI=1S/C12H15IN2O3/c1-14-11(17)3-2-6-15-12(18)9-7-8(13)4-5-10(9)16/h4-5,7,16H,2-3,6H2,1H3,(H,14,17)(H,15,18). The van der Waals surface area contributed by atoms with Gasteiger partial charge in [0.2, 0.25) is 5.91 Å². The maximum absolute atomic E-state index is 11.8. The molecule has 6 heteroatoms. The minimum absolute atomic E-state index is 0.0424. The molecule has 0 heterocycles. The van der Waals surface area contributed by atoms with Gasteiger partial charge in [0.15, 0.2) is 0 Å². The van der Waals surface area contributed by atoms with Crippen LogP contribution in [-0.4, -0.2) is 30.5 Å². The molecule has 0 bridgehead atoms. The van der Waals surface area contributed by atoms with Gasteiger partial charge in [-0.1, -0.05) is 0 Å². The number of phenolic OH excluding ortho intramolecular Hbond substituents is 1. The van der Waals surface area contributed by atoms with Crippen molar-refractivity contribution in [3.8, 4) is 5.75 Å². The van der Waals surface area contributed by atoms with Crippen molar-refractivity contribution in [3.63, 3.8) is 0 Å². The molecular formula is C12H15IN2O3. The number of benzene rings is 1. The summed E-state index contributed by atoms with van der Waals surface area (Å²) in [4.78, 5) is 22.7. The Hall–Kier alpha value is -1.31. The maximum atomic E-state index is 11.8.